The van der Waals surface area contributed by atoms with E-state index in [2.05, 4.69) is 5.73 Å². The Morgan fingerprint density at radius 2 is 2.09 bits per heavy atom. The summed E-state index contributed by atoms with van der Waals surface area (Å²) in [6.07, 6.45) is 0. The number of rotatable bonds is 2. The molecule has 0 spiro atoms. The lowest BCUT2D eigenvalue weighted by Gasteiger charge is -1.94. The van der Waals surface area contributed by atoms with Gasteiger partial charge in [-0.2, -0.15) is 0 Å². The molecule has 1 aromatic carbocycles. The molecular formula is C7H9N2O2+. The van der Waals surface area contributed by atoms with E-state index in [1.807, 2.05) is 0 Å². The van der Waals surface area contributed by atoms with Crippen LogP contribution in [0.4, 0.5) is 5.69 Å². The van der Waals surface area contributed by atoms with Crippen LogP contribution in [0.5, 0.6) is 0 Å². The highest BCUT2D eigenvalue weighted by Crippen LogP contribution is 2.15. The van der Waals surface area contributed by atoms with Gasteiger partial charge >= 0.3 is 0 Å². The quantitative estimate of drug-likeness (QED) is 0.491. The maximum atomic E-state index is 10.4. The summed E-state index contributed by atoms with van der Waals surface area (Å²) >= 11 is 0. The van der Waals surface area contributed by atoms with Crippen LogP contribution in [-0.2, 0) is 6.54 Å². The van der Waals surface area contributed by atoms with E-state index in [1.54, 1.807) is 18.2 Å². The van der Waals surface area contributed by atoms with Crippen LogP contribution in [0.3, 0.4) is 0 Å². The third-order valence-corrected chi connectivity index (χ3v) is 1.46. The highest BCUT2D eigenvalue weighted by Gasteiger charge is 2.10. The lowest BCUT2D eigenvalue weighted by Crippen LogP contribution is -2.47. The van der Waals surface area contributed by atoms with Crippen LogP contribution in [0.15, 0.2) is 24.3 Å². The maximum absolute atomic E-state index is 10.4. The molecule has 0 heterocycles. The molecule has 0 aromatic heterocycles. The van der Waals surface area contributed by atoms with Crippen LogP contribution in [0.1, 0.15) is 5.56 Å². The van der Waals surface area contributed by atoms with E-state index < -0.39 is 0 Å². The van der Waals surface area contributed by atoms with Gasteiger partial charge in [0.1, 0.15) is 6.54 Å². The molecule has 11 heavy (non-hydrogen) atoms. The van der Waals surface area contributed by atoms with Crippen LogP contribution < -0.4 is 5.73 Å². The summed E-state index contributed by atoms with van der Waals surface area (Å²) in [5.41, 5.74) is 4.43. The summed E-state index contributed by atoms with van der Waals surface area (Å²) in [5, 5.41) is 10.4. The van der Waals surface area contributed by atoms with Crippen LogP contribution in [0.25, 0.3) is 0 Å². The Bertz CT molecular complexity index is 273. The van der Waals surface area contributed by atoms with E-state index >= 15 is 0 Å². The van der Waals surface area contributed by atoms with Gasteiger partial charge in [0.05, 0.1) is 10.5 Å². The van der Waals surface area contributed by atoms with Gasteiger partial charge in [0, 0.05) is 6.07 Å². The largest absolute Gasteiger partial charge is 0.354 e. The minimum atomic E-state index is -0.388. The minimum Gasteiger partial charge on any atom is -0.354 e. The Balaban J connectivity index is 3.12. The minimum absolute atomic E-state index is 0.155. The number of nitro groups is 1. The fourth-order valence-corrected chi connectivity index (χ4v) is 0.900. The van der Waals surface area contributed by atoms with Crippen molar-refractivity contribution in [3.8, 4) is 0 Å². The lowest BCUT2D eigenvalue weighted by atomic mass is 10.2. The molecule has 0 aliphatic heterocycles. The molecule has 0 amide bonds. The number of hydrogen-bond donors (Lipinski definition) is 1. The molecule has 4 nitrogen and oxygen atoms in total. The summed E-state index contributed by atoms with van der Waals surface area (Å²) in [4.78, 5) is 9.97. The maximum Gasteiger partial charge on any atom is 0.278 e. The molecule has 0 unspecified atom stereocenters. The normalized spacial score (nSPS) is 9.55. The summed E-state index contributed by atoms with van der Waals surface area (Å²) < 4.78 is 0. The van der Waals surface area contributed by atoms with Gasteiger partial charge in [0.2, 0.25) is 0 Å². The molecule has 0 saturated carbocycles. The molecule has 0 fully saturated rings. The second-order valence-electron chi connectivity index (χ2n) is 2.14. The molecule has 1 aromatic rings. The number of quaternary nitrogens is 1. The van der Waals surface area contributed by atoms with Crippen LogP contribution in [-0.4, -0.2) is 4.92 Å². The first-order valence-corrected chi connectivity index (χ1v) is 3.27. The second-order valence-corrected chi connectivity index (χ2v) is 2.14. The SMILES string of the molecule is [NH3+]Cc1ccccc1[N+](=O)[O-]. The summed E-state index contributed by atoms with van der Waals surface area (Å²) in [5.74, 6) is 0. The molecule has 4 heteroatoms. The lowest BCUT2D eigenvalue weighted by molar-refractivity contribution is -0.403. The fraction of sp³-hybridized carbons (Fsp3) is 0.143. The van der Waals surface area contributed by atoms with Gasteiger partial charge in [0.25, 0.3) is 5.69 Å². The molecule has 0 atom stereocenters. The van der Waals surface area contributed by atoms with Crippen molar-refractivity contribution in [1.29, 1.82) is 0 Å². The van der Waals surface area contributed by atoms with Gasteiger partial charge in [-0.15, -0.1) is 0 Å². The highest BCUT2D eigenvalue weighted by molar-refractivity contribution is 5.38. The molecule has 58 valence electrons. The van der Waals surface area contributed by atoms with E-state index in [0.29, 0.717) is 12.1 Å². The predicted octanol–water partition coefficient (Wildman–Crippen LogP) is 0.337. The molecule has 1 rings (SSSR count). The van der Waals surface area contributed by atoms with Crippen molar-refractivity contribution < 1.29 is 10.7 Å². The Morgan fingerprint density at radius 3 is 2.55 bits per heavy atom. The van der Waals surface area contributed by atoms with Gasteiger partial charge < -0.3 is 5.73 Å². The van der Waals surface area contributed by atoms with Crippen LogP contribution in [0.2, 0.25) is 0 Å². The number of nitrogens with zero attached hydrogens (tertiary/aromatic N) is 1. The Morgan fingerprint density at radius 1 is 1.45 bits per heavy atom. The summed E-state index contributed by atoms with van der Waals surface area (Å²) in [7, 11) is 0. The van der Waals surface area contributed by atoms with Gasteiger partial charge in [-0.25, -0.2) is 0 Å². The van der Waals surface area contributed by atoms with Crippen LogP contribution in [0, 0.1) is 10.1 Å². The van der Waals surface area contributed by atoms with E-state index in [1.165, 1.54) is 6.07 Å². The second kappa shape index (κ2) is 3.12. The van der Waals surface area contributed by atoms with Crippen molar-refractivity contribution in [2.75, 3.05) is 0 Å². The first-order valence-electron chi connectivity index (χ1n) is 3.27. The van der Waals surface area contributed by atoms with Crippen molar-refractivity contribution in [2.45, 2.75) is 6.54 Å². The fourth-order valence-electron chi connectivity index (χ4n) is 0.900. The topological polar surface area (TPSA) is 70.8 Å². The zero-order valence-corrected chi connectivity index (χ0v) is 5.99. The third-order valence-electron chi connectivity index (χ3n) is 1.46. The van der Waals surface area contributed by atoms with Gasteiger partial charge in [-0.05, 0) is 6.07 Å². The molecule has 0 aliphatic carbocycles. The molecule has 3 N–H and O–H groups in total. The number of benzene rings is 1. The van der Waals surface area contributed by atoms with E-state index in [9.17, 15) is 10.1 Å². The first kappa shape index (κ1) is 7.68. The molecule has 0 aliphatic rings. The van der Waals surface area contributed by atoms with Gasteiger partial charge in [-0.1, -0.05) is 12.1 Å². The summed E-state index contributed by atoms with van der Waals surface area (Å²) in [6.45, 7) is 0.456. The van der Waals surface area contributed by atoms with E-state index in [0.717, 1.165) is 0 Å². The van der Waals surface area contributed by atoms with Gasteiger partial charge in [-0.3, -0.25) is 10.1 Å². The Hall–Kier alpha value is -1.42. The van der Waals surface area contributed by atoms with Crippen molar-refractivity contribution >= 4 is 5.69 Å². The number of hydrogen-bond acceptors (Lipinski definition) is 2. The van der Waals surface area contributed by atoms with Crippen molar-refractivity contribution in [3.05, 3.63) is 39.9 Å². The average Bonchev–Trinajstić information content (AvgIpc) is 2.04. The average molecular weight is 153 g/mol. The number of nitro benzene ring substituents is 1. The van der Waals surface area contributed by atoms with E-state index in [-0.39, 0.29) is 10.6 Å². The van der Waals surface area contributed by atoms with Crippen molar-refractivity contribution in [2.24, 2.45) is 0 Å². The summed E-state index contributed by atoms with van der Waals surface area (Å²) in [6, 6.07) is 6.62. The third kappa shape index (κ3) is 1.53. The molecule has 0 bridgehead atoms. The standard InChI is InChI=1S/C7H8N2O2/c8-5-6-3-1-2-4-7(6)9(10)11/h1-4H,5,8H2/p+1. The highest BCUT2D eigenvalue weighted by atomic mass is 16.6. The van der Waals surface area contributed by atoms with Crippen molar-refractivity contribution in [3.63, 3.8) is 0 Å². The van der Waals surface area contributed by atoms with E-state index in [4.69, 9.17) is 0 Å². The molecular weight excluding hydrogens is 144 g/mol. The smallest absolute Gasteiger partial charge is 0.278 e. The Kier molecular flexibility index (Phi) is 2.18. The monoisotopic (exact) mass is 153 g/mol. The first-order chi connectivity index (χ1) is 5.25. The van der Waals surface area contributed by atoms with Crippen molar-refractivity contribution in [1.82, 2.24) is 0 Å². The zero-order valence-electron chi connectivity index (χ0n) is 5.99. The zero-order chi connectivity index (χ0) is 8.27. The molecule has 0 radical (unpaired) electrons. The predicted molar refractivity (Wildman–Crippen MR) is 39.7 cm³/mol. The Labute approximate surface area is 63.8 Å². The van der Waals surface area contributed by atoms with Crippen LogP contribution >= 0.6 is 0 Å². The number of para-hydroxylation sites is 1. The molecule has 0 saturated heterocycles. The van der Waals surface area contributed by atoms with Gasteiger partial charge in [0.15, 0.2) is 0 Å².